The number of amides is 1. The molecule has 1 amide bonds. The van der Waals surface area contributed by atoms with E-state index in [2.05, 4.69) is 10.3 Å². The summed E-state index contributed by atoms with van der Waals surface area (Å²) < 4.78 is 0. The average molecular weight is 264 g/mol. The van der Waals surface area contributed by atoms with E-state index in [9.17, 15) is 9.90 Å². The minimum Gasteiger partial charge on any atom is -0.388 e. The Morgan fingerprint density at radius 3 is 2.50 bits per heavy atom. The lowest BCUT2D eigenvalue weighted by Gasteiger charge is -2.11. The van der Waals surface area contributed by atoms with Gasteiger partial charge in [-0.3, -0.25) is 9.63 Å². The van der Waals surface area contributed by atoms with Crippen molar-refractivity contribution in [3.05, 3.63) is 33.8 Å². The first-order valence-corrected chi connectivity index (χ1v) is 5.24. The smallest absolute Gasteiger partial charge is 0.246 e. The number of hydroxylamine groups is 1. The monoisotopic (exact) mass is 263 g/mol. The number of halogens is 2. The molecular weight excluding hydrogens is 253 g/mol. The molecule has 1 rings (SSSR count). The molecule has 0 fully saturated rings. The van der Waals surface area contributed by atoms with E-state index in [1.807, 2.05) is 0 Å². The maximum absolute atomic E-state index is 11.1. The number of carbonyl (C=O) groups excluding carboxylic acids is 1. The fourth-order valence-electron chi connectivity index (χ4n) is 1.22. The van der Waals surface area contributed by atoms with Gasteiger partial charge in [0.2, 0.25) is 5.91 Å². The van der Waals surface area contributed by atoms with Gasteiger partial charge in [0.1, 0.15) is 0 Å². The van der Waals surface area contributed by atoms with Crippen LogP contribution in [0.5, 0.6) is 0 Å². The second-order valence-electron chi connectivity index (χ2n) is 3.15. The highest BCUT2D eigenvalue weighted by molar-refractivity contribution is 6.34. The number of hydrogen-bond donors (Lipinski definition) is 2. The molecule has 0 saturated heterocycles. The zero-order valence-electron chi connectivity index (χ0n) is 8.54. The van der Waals surface area contributed by atoms with E-state index in [1.54, 1.807) is 18.2 Å². The third-order valence-electron chi connectivity index (χ3n) is 1.86. The predicted octanol–water partition coefficient (Wildman–Crippen LogP) is 2.09. The fourth-order valence-corrected chi connectivity index (χ4v) is 1.76. The van der Waals surface area contributed by atoms with Crippen LogP contribution in [0.15, 0.2) is 18.2 Å². The van der Waals surface area contributed by atoms with E-state index in [1.165, 1.54) is 7.11 Å². The van der Waals surface area contributed by atoms with Crippen molar-refractivity contribution in [3.63, 3.8) is 0 Å². The highest BCUT2D eigenvalue weighted by atomic mass is 35.5. The Morgan fingerprint density at radius 1 is 1.44 bits per heavy atom. The van der Waals surface area contributed by atoms with Gasteiger partial charge in [-0.1, -0.05) is 23.2 Å². The Hall–Kier alpha value is -0.810. The molecule has 0 spiro atoms. The summed E-state index contributed by atoms with van der Waals surface area (Å²) in [5, 5.41) is 10.6. The number of rotatable bonds is 4. The number of carbonyl (C=O) groups is 1. The van der Waals surface area contributed by atoms with E-state index < -0.39 is 12.0 Å². The van der Waals surface area contributed by atoms with Crippen LogP contribution in [-0.2, 0) is 9.63 Å². The number of hydrogen-bond acceptors (Lipinski definition) is 3. The summed E-state index contributed by atoms with van der Waals surface area (Å²) in [5.41, 5.74) is 2.60. The summed E-state index contributed by atoms with van der Waals surface area (Å²) in [7, 11) is 1.32. The Balaban J connectivity index is 2.72. The highest BCUT2D eigenvalue weighted by Gasteiger charge is 2.14. The molecule has 16 heavy (non-hydrogen) atoms. The van der Waals surface area contributed by atoms with Gasteiger partial charge in [0.05, 0.1) is 19.6 Å². The minimum absolute atomic E-state index is 0.121. The van der Waals surface area contributed by atoms with Crippen molar-refractivity contribution in [2.45, 2.75) is 12.5 Å². The predicted molar refractivity (Wildman–Crippen MR) is 61.2 cm³/mol. The molecule has 88 valence electrons. The van der Waals surface area contributed by atoms with Crippen molar-refractivity contribution in [1.82, 2.24) is 5.48 Å². The third kappa shape index (κ3) is 3.98. The van der Waals surface area contributed by atoms with Crippen molar-refractivity contribution >= 4 is 29.1 Å². The van der Waals surface area contributed by atoms with Gasteiger partial charge in [-0.2, -0.15) is 0 Å². The van der Waals surface area contributed by atoms with E-state index in [4.69, 9.17) is 23.2 Å². The van der Waals surface area contributed by atoms with E-state index >= 15 is 0 Å². The molecule has 2 N–H and O–H groups in total. The first-order valence-electron chi connectivity index (χ1n) is 4.49. The molecule has 1 atom stereocenters. The zero-order chi connectivity index (χ0) is 12.1. The molecule has 0 aliphatic rings. The van der Waals surface area contributed by atoms with Gasteiger partial charge in [-0.05, 0) is 23.8 Å². The Bertz CT molecular complexity index is 364. The maximum atomic E-state index is 11.1. The molecule has 4 nitrogen and oxygen atoms in total. The van der Waals surface area contributed by atoms with Gasteiger partial charge in [0.15, 0.2) is 0 Å². The van der Waals surface area contributed by atoms with Crippen molar-refractivity contribution in [2.24, 2.45) is 0 Å². The van der Waals surface area contributed by atoms with Crippen LogP contribution in [0.2, 0.25) is 10.0 Å². The number of aliphatic hydroxyl groups excluding tert-OH is 1. The van der Waals surface area contributed by atoms with Gasteiger partial charge in [-0.25, -0.2) is 5.48 Å². The number of benzene rings is 1. The van der Waals surface area contributed by atoms with Crippen LogP contribution in [0.1, 0.15) is 18.1 Å². The Labute approximate surface area is 103 Å². The van der Waals surface area contributed by atoms with E-state index in [0.717, 1.165) is 0 Å². The maximum Gasteiger partial charge on any atom is 0.246 e. The molecule has 0 aromatic heterocycles. The lowest BCUT2D eigenvalue weighted by molar-refractivity contribution is -0.133. The van der Waals surface area contributed by atoms with E-state index in [-0.39, 0.29) is 6.42 Å². The molecule has 0 aliphatic heterocycles. The Morgan fingerprint density at radius 2 is 2.00 bits per heavy atom. The largest absolute Gasteiger partial charge is 0.388 e. The quantitative estimate of drug-likeness (QED) is 0.819. The topological polar surface area (TPSA) is 58.6 Å². The fraction of sp³-hybridized carbons (Fsp3) is 0.300. The second kappa shape index (κ2) is 6.06. The molecule has 0 radical (unpaired) electrons. The summed E-state index contributed by atoms with van der Waals surface area (Å²) in [5.74, 6) is -0.425. The first-order chi connectivity index (χ1) is 7.52. The van der Waals surface area contributed by atoms with Crippen LogP contribution >= 0.6 is 23.2 Å². The van der Waals surface area contributed by atoms with E-state index in [0.29, 0.717) is 15.6 Å². The molecule has 0 saturated carbocycles. The van der Waals surface area contributed by atoms with Gasteiger partial charge < -0.3 is 5.11 Å². The van der Waals surface area contributed by atoms with Crippen molar-refractivity contribution in [2.75, 3.05) is 7.11 Å². The standard InChI is InChI=1S/C10H11Cl2NO3/c1-16-13-10(15)5-9(14)6-2-7(11)4-8(12)3-6/h2-4,9,14H,5H2,1H3,(H,13,15). The summed E-state index contributed by atoms with van der Waals surface area (Å²) in [4.78, 5) is 15.6. The summed E-state index contributed by atoms with van der Waals surface area (Å²) in [6, 6.07) is 4.66. The van der Waals surface area contributed by atoms with Gasteiger partial charge in [0, 0.05) is 10.0 Å². The van der Waals surface area contributed by atoms with Crippen LogP contribution in [0.4, 0.5) is 0 Å². The van der Waals surface area contributed by atoms with Crippen LogP contribution < -0.4 is 5.48 Å². The second-order valence-corrected chi connectivity index (χ2v) is 4.02. The lowest BCUT2D eigenvalue weighted by atomic mass is 10.1. The van der Waals surface area contributed by atoms with Crippen LogP contribution in [0.3, 0.4) is 0 Å². The molecule has 0 bridgehead atoms. The van der Waals surface area contributed by atoms with Crippen LogP contribution in [0, 0.1) is 0 Å². The van der Waals surface area contributed by atoms with Crippen molar-refractivity contribution < 1.29 is 14.7 Å². The summed E-state index contributed by atoms with van der Waals surface area (Å²) >= 11 is 11.5. The summed E-state index contributed by atoms with van der Waals surface area (Å²) in [6.07, 6.45) is -1.09. The molecule has 1 aromatic carbocycles. The van der Waals surface area contributed by atoms with Crippen LogP contribution in [-0.4, -0.2) is 18.1 Å². The lowest BCUT2D eigenvalue weighted by Crippen LogP contribution is -2.23. The number of aliphatic hydroxyl groups is 1. The normalized spacial score (nSPS) is 12.2. The minimum atomic E-state index is -0.966. The molecule has 0 heterocycles. The SMILES string of the molecule is CONC(=O)CC(O)c1cc(Cl)cc(Cl)c1. The summed E-state index contributed by atoms with van der Waals surface area (Å²) in [6.45, 7) is 0. The van der Waals surface area contributed by atoms with Gasteiger partial charge >= 0.3 is 0 Å². The molecule has 1 aromatic rings. The van der Waals surface area contributed by atoms with Gasteiger partial charge in [-0.15, -0.1) is 0 Å². The van der Waals surface area contributed by atoms with Crippen LogP contribution in [0.25, 0.3) is 0 Å². The molecular formula is C10H11Cl2NO3. The first kappa shape index (κ1) is 13.3. The highest BCUT2D eigenvalue weighted by Crippen LogP contribution is 2.25. The third-order valence-corrected chi connectivity index (χ3v) is 2.30. The Kier molecular flexibility index (Phi) is 5.02. The zero-order valence-corrected chi connectivity index (χ0v) is 10.0. The molecule has 6 heteroatoms. The van der Waals surface area contributed by atoms with Crippen molar-refractivity contribution in [3.8, 4) is 0 Å². The van der Waals surface area contributed by atoms with Crippen molar-refractivity contribution in [1.29, 1.82) is 0 Å². The average Bonchev–Trinajstić information content (AvgIpc) is 2.16. The number of nitrogens with one attached hydrogen (secondary N) is 1. The molecule has 1 unspecified atom stereocenters. The van der Waals surface area contributed by atoms with Gasteiger partial charge in [0.25, 0.3) is 0 Å². The molecule has 0 aliphatic carbocycles.